The Morgan fingerprint density at radius 2 is 1.88 bits per heavy atom. The predicted octanol–water partition coefficient (Wildman–Crippen LogP) is 5.03. The minimum absolute atomic E-state index is 0.134. The molecule has 1 heteroatoms. The summed E-state index contributed by atoms with van der Waals surface area (Å²) in [7, 11) is 0. The van der Waals surface area contributed by atoms with Gasteiger partial charge in [0.1, 0.15) is 5.76 Å². The minimum Gasteiger partial charge on any atom is -0.508 e. The van der Waals surface area contributed by atoms with E-state index in [0.717, 1.165) is 12.0 Å². The molecule has 0 saturated carbocycles. The first-order valence-corrected chi connectivity index (χ1v) is 6.31. The number of hydrogen-bond acceptors (Lipinski definition) is 1. The van der Waals surface area contributed by atoms with E-state index in [2.05, 4.69) is 53.3 Å². The average molecular weight is 232 g/mol. The lowest BCUT2D eigenvalue weighted by atomic mass is 9.80. The normalized spacial score (nSPS) is 11.9. The van der Waals surface area contributed by atoms with E-state index < -0.39 is 0 Å². The van der Waals surface area contributed by atoms with E-state index in [1.54, 1.807) is 0 Å². The maximum Gasteiger partial charge on any atom is 0.115 e. The highest BCUT2D eigenvalue weighted by Gasteiger charge is 2.20. The van der Waals surface area contributed by atoms with Gasteiger partial charge in [-0.2, -0.15) is 0 Å². The number of benzene rings is 1. The van der Waals surface area contributed by atoms with E-state index in [1.807, 2.05) is 6.07 Å². The molecule has 0 amide bonds. The van der Waals surface area contributed by atoms with Crippen LogP contribution in [0.5, 0.6) is 0 Å². The second-order valence-electron chi connectivity index (χ2n) is 5.68. The molecular weight excluding hydrogens is 208 g/mol. The van der Waals surface area contributed by atoms with Crippen molar-refractivity contribution in [3.63, 3.8) is 0 Å². The molecule has 1 aromatic rings. The molecule has 0 fully saturated rings. The molecule has 0 aliphatic rings. The van der Waals surface area contributed by atoms with Crippen molar-refractivity contribution >= 4 is 5.76 Å². The smallest absolute Gasteiger partial charge is 0.115 e. The molecule has 1 nitrogen and oxygen atoms in total. The largest absolute Gasteiger partial charge is 0.508 e. The van der Waals surface area contributed by atoms with Crippen LogP contribution in [0.25, 0.3) is 5.76 Å². The molecule has 0 aliphatic carbocycles. The van der Waals surface area contributed by atoms with Crippen LogP contribution in [0, 0.1) is 0 Å². The van der Waals surface area contributed by atoms with Crippen molar-refractivity contribution in [3.05, 3.63) is 41.5 Å². The Hall–Kier alpha value is -1.24. The molecule has 1 aromatic carbocycles. The van der Waals surface area contributed by atoms with Crippen LogP contribution >= 0.6 is 0 Å². The van der Waals surface area contributed by atoms with Gasteiger partial charge in [-0.3, -0.25) is 0 Å². The van der Waals surface area contributed by atoms with Crippen LogP contribution < -0.4 is 0 Å². The van der Waals surface area contributed by atoms with Crippen LogP contribution in [0.3, 0.4) is 0 Å². The highest BCUT2D eigenvalue weighted by Crippen LogP contribution is 2.31. The third kappa shape index (κ3) is 3.12. The highest BCUT2D eigenvalue weighted by atomic mass is 16.3. The summed E-state index contributed by atoms with van der Waals surface area (Å²) in [5.41, 5.74) is 3.51. The van der Waals surface area contributed by atoms with Crippen LogP contribution in [0.1, 0.15) is 63.6 Å². The Morgan fingerprint density at radius 3 is 2.29 bits per heavy atom. The molecule has 0 radical (unpaired) electrons. The summed E-state index contributed by atoms with van der Waals surface area (Å²) in [5.74, 6) is 0.612. The summed E-state index contributed by atoms with van der Waals surface area (Å²) >= 11 is 0. The first kappa shape index (κ1) is 13.8. The summed E-state index contributed by atoms with van der Waals surface area (Å²) in [6.07, 6.45) is 1.08. The fourth-order valence-corrected chi connectivity index (χ4v) is 1.75. The van der Waals surface area contributed by atoms with Crippen molar-refractivity contribution in [2.45, 2.75) is 52.4 Å². The van der Waals surface area contributed by atoms with Gasteiger partial charge in [0.05, 0.1) is 0 Å². The van der Waals surface area contributed by atoms with E-state index >= 15 is 0 Å². The summed E-state index contributed by atoms with van der Waals surface area (Å²) in [5, 5.41) is 9.60. The Morgan fingerprint density at radius 1 is 1.29 bits per heavy atom. The first-order chi connectivity index (χ1) is 7.77. The third-order valence-electron chi connectivity index (χ3n) is 3.62. The van der Waals surface area contributed by atoms with E-state index in [1.165, 1.54) is 11.1 Å². The molecule has 0 atom stereocenters. The van der Waals surface area contributed by atoms with Gasteiger partial charge in [0.15, 0.2) is 0 Å². The second-order valence-corrected chi connectivity index (χ2v) is 5.68. The van der Waals surface area contributed by atoms with Gasteiger partial charge in [-0.15, -0.1) is 0 Å². The molecule has 0 unspecified atom stereocenters. The fourth-order valence-electron chi connectivity index (χ4n) is 1.75. The summed E-state index contributed by atoms with van der Waals surface area (Å²) in [4.78, 5) is 0. The molecule has 0 heterocycles. The molecule has 1 N–H and O–H groups in total. The highest BCUT2D eigenvalue weighted by molar-refractivity contribution is 5.58. The lowest BCUT2D eigenvalue weighted by Gasteiger charge is -2.25. The van der Waals surface area contributed by atoms with Crippen LogP contribution in [0.15, 0.2) is 24.8 Å². The molecule has 0 aliphatic heterocycles. The van der Waals surface area contributed by atoms with Gasteiger partial charge in [-0.25, -0.2) is 0 Å². The molecule has 1 rings (SSSR count). The lowest BCUT2D eigenvalue weighted by Crippen LogP contribution is -2.16. The average Bonchev–Trinajstić information content (AvgIpc) is 2.28. The topological polar surface area (TPSA) is 20.2 Å². The first-order valence-electron chi connectivity index (χ1n) is 6.31. The van der Waals surface area contributed by atoms with Gasteiger partial charge in [0, 0.05) is 5.56 Å². The van der Waals surface area contributed by atoms with Gasteiger partial charge in [0.25, 0.3) is 0 Å². The summed E-state index contributed by atoms with van der Waals surface area (Å²) in [6.45, 7) is 14.6. The van der Waals surface area contributed by atoms with Gasteiger partial charge in [0.2, 0.25) is 0 Å². The number of aliphatic hydroxyl groups excluding tert-OH is 1. The van der Waals surface area contributed by atoms with E-state index in [0.29, 0.717) is 5.92 Å². The molecule has 94 valence electrons. The quantitative estimate of drug-likeness (QED) is 0.722. The standard InChI is InChI=1S/C16H24O/c1-7-16(5,6)15-9-13(11(2)3)8-14(10-15)12(4)17/h8-11,17H,4,7H2,1-3,5-6H3. The zero-order valence-electron chi connectivity index (χ0n) is 11.7. The van der Waals surface area contributed by atoms with Crippen molar-refractivity contribution in [1.29, 1.82) is 0 Å². The fraction of sp³-hybridized carbons (Fsp3) is 0.500. The van der Waals surface area contributed by atoms with Crippen molar-refractivity contribution in [3.8, 4) is 0 Å². The van der Waals surface area contributed by atoms with E-state index in [-0.39, 0.29) is 11.2 Å². The zero-order chi connectivity index (χ0) is 13.2. The number of hydrogen-bond donors (Lipinski definition) is 1. The minimum atomic E-state index is 0.134. The molecule has 0 spiro atoms. The second kappa shape index (κ2) is 4.95. The van der Waals surface area contributed by atoms with Gasteiger partial charge in [-0.1, -0.05) is 47.3 Å². The van der Waals surface area contributed by atoms with Crippen LogP contribution in [0.2, 0.25) is 0 Å². The predicted molar refractivity (Wildman–Crippen MR) is 75.5 cm³/mol. The zero-order valence-corrected chi connectivity index (χ0v) is 11.7. The maximum absolute atomic E-state index is 9.60. The van der Waals surface area contributed by atoms with Crippen LogP contribution in [-0.2, 0) is 5.41 Å². The molecule has 0 saturated heterocycles. The Balaban J connectivity index is 3.36. The molecular formula is C16H24O. The van der Waals surface area contributed by atoms with Crippen molar-refractivity contribution in [2.75, 3.05) is 0 Å². The van der Waals surface area contributed by atoms with E-state index in [9.17, 15) is 5.11 Å². The number of aliphatic hydroxyl groups is 1. The Bertz CT molecular complexity index is 414. The van der Waals surface area contributed by atoms with Crippen LogP contribution in [-0.4, -0.2) is 5.11 Å². The summed E-state index contributed by atoms with van der Waals surface area (Å²) in [6, 6.07) is 6.33. The monoisotopic (exact) mass is 232 g/mol. The Kier molecular flexibility index (Phi) is 4.03. The van der Waals surface area contributed by atoms with E-state index in [4.69, 9.17) is 0 Å². The molecule has 17 heavy (non-hydrogen) atoms. The molecule has 0 bridgehead atoms. The lowest BCUT2D eigenvalue weighted by molar-refractivity contribution is 0.500. The molecule has 0 aromatic heterocycles. The Labute approximate surface area is 105 Å². The summed E-state index contributed by atoms with van der Waals surface area (Å²) < 4.78 is 0. The maximum atomic E-state index is 9.60. The van der Waals surface area contributed by atoms with Crippen molar-refractivity contribution in [1.82, 2.24) is 0 Å². The number of rotatable bonds is 4. The van der Waals surface area contributed by atoms with Crippen molar-refractivity contribution in [2.24, 2.45) is 0 Å². The SMILES string of the molecule is C=C(O)c1cc(C(C)C)cc(C(C)(C)CC)c1. The van der Waals surface area contributed by atoms with Gasteiger partial charge in [-0.05, 0) is 41.0 Å². The van der Waals surface area contributed by atoms with Crippen LogP contribution in [0.4, 0.5) is 0 Å². The third-order valence-corrected chi connectivity index (χ3v) is 3.62. The van der Waals surface area contributed by atoms with Crippen molar-refractivity contribution < 1.29 is 5.11 Å². The van der Waals surface area contributed by atoms with Gasteiger partial charge >= 0.3 is 0 Å². The van der Waals surface area contributed by atoms with Gasteiger partial charge < -0.3 is 5.11 Å².